The van der Waals surface area contributed by atoms with Crippen LogP contribution in [0.25, 0.3) is 0 Å². The second-order valence-corrected chi connectivity index (χ2v) is 5.37. The molecule has 0 bridgehead atoms. The lowest BCUT2D eigenvalue weighted by Crippen LogP contribution is -2.53. The van der Waals surface area contributed by atoms with Gasteiger partial charge in [-0.05, 0) is 24.1 Å². The molecule has 0 saturated carbocycles. The summed E-state index contributed by atoms with van der Waals surface area (Å²) in [6, 6.07) is 3.54. The first-order chi connectivity index (χ1) is 10.0. The Morgan fingerprint density at radius 1 is 1.33 bits per heavy atom. The molecule has 0 radical (unpaired) electrons. The van der Waals surface area contributed by atoms with Gasteiger partial charge in [0.05, 0.1) is 5.69 Å². The smallest absolute Gasteiger partial charge is 0.312 e. The number of hydrogen-bond acceptors (Lipinski definition) is 4. The van der Waals surface area contributed by atoms with Crippen molar-refractivity contribution >= 4 is 29.0 Å². The number of nitrogens with two attached hydrogens (primary N) is 1. The van der Waals surface area contributed by atoms with Gasteiger partial charge in [-0.3, -0.25) is 14.6 Å². The molecule has 2 amide bonds. The molecular weight excluding hydrogens is 288 g/mol. The average molecular weight is 306 g/mol. The van der Waals surface area contributed by atoms with E-state index in [2.05, 4.69) is 4.98 Å². The maximum absolute atomic E-state index is 12.1. The largest absolute Gasteiger partial charge is 0.388 e. The molecule has 0 aromatic carbocycles. The molecule has 7 heteroatoms. The number of thiocarbonyl (C=S) groups is 1. The Hall–Kier alpha value is -2.02. The van der Waals surface area contributed by atoms with Crippen molar-refractivity contribution in [2.24, 2.45) is 5.73 Å². The SMILES string of the molecule is CCCN1CCN(Cc2ccnc(C(N)=S)c2)C(=O)C1=O. The molecule has 2 N–H and O–H groups in total. The zero-order valence-corrected chi connectivity index (χ0v) is 12.7. The number of nitrogens with zero attached hydrogens (tertiary/aromatic N) is 3. The van der Waals surface area contributed by atoms with Crippen molar-refractivity contribution in [3.8, 4) is 0 Å². The van der Waals surface area contributed by atoms with E-state index in [9.17, 15) is 9.59 Å². The van der Waals surface area contributed by atoms with Crippen molar-refractivity contribution in [3.05, 3.63) is 29.6 Å². The van der Waals surface area contributed by atoms with Crippen LogP contribution in [-0.2, 0) is 16.1 Å². The molecular formula is C14H18N4O2S. The van der Waals surface area contributed by atoms with E-state index in [4.69, 9.17) is 18.0 Å². The van der Waals surface area contributed by atoms with E-state index >= 15 is 0 Å². The van der Waals surface area contributed by atoms with E-state index in [0.29, 0.717) is 31.9 Å². The minimum atomic E-state index is -0.455. The highest BCUT2D eigenvalue weighted by Gasteiger charge is 2.31. The van der Waals surface area contributed by atoms with Gasteiger partial charge in [-0.25, -0.2) is 0 Å². The zero-order valence-electron chi connectivity index (χ0n) is 11.9. The third kappa shape index (κ3) is 3.55. The number of hydrogen-bond donors (Lipinski definition) is 1. The van der Waals surface area contributed by atoms with Crippen molar-refractivity contribution in [1.82, 2.24) is 14.8 Å². The molecule has 6 nitrogen and oxygen atoms in total. The van der Waals surface area contributed by atoms with E-state index in [1.807, 2.05) is 6.92 Å². The Balaban J connectivity index is 2.07. The number of carbonyl (C=O) groups excluding carboxylic acids is 2. The highest BCUT2D eigenvalue weighted by Crippen LogP contribution is 2.11. The van der Waals surface area contributed by atoms with Gasteiger partial charge in [-0.1, -0.05) is 19.1 Å². The highest BCUT2D eigenvalue weighted by molar-refractivity contribution is 7.80. The van der Waals surface area contributed by atoms with E-state index in [1.54, 1.807) is 28.1 Å². The second-order valence-electron chi connectivity index (χ2n) is 4.93. The van der Waals surface area contributed by atoms with Crippen LogP contribution in [0.15, 0.2) is 18.3 Å². The number of piperazine rings is 1. The molecule has 0 unspecified atom stereocenters. The molecule has 2 rings (SSSR count). The first-order valence-corrected chi connectivity index (χ1v) is 7.26. The third-order valence-electron chi connectivity index (χ3n) is 3.34. The van der Waals surface area contributed by atoms with Crippen LogP contribution in [-0.4, -0.2) is 51.2 Å². The molecule has 1 saturated heterocycles. The molecule has 0 atom stereocenters. The number of rotatable bonds is 5. The predicted octanol–water partition coefficient (Wildman–Crippen LogP) is 0.297. The topological polar surface area (TPSA) is 79.5 Å². The van der Waals surface area contributed by atoms with Gasteiger partial charge in [0.2, 0.25) is 0 Å². The lowest BCUT2D eigenvalue weighted by atomic mass is 10.2. The summed E-state index contributed by atoms with van der Waals surface area (Å²) in [6.45, 7) is 4.08. The Bertz CT molecular complexity index is 576. The van der Waals surface area contributed by atoms with Gasteiger partial charge in [0.1, 0.15) is 4.99 Å². The normalized spacial score (nSPS) is 15.5. The zero-order chi connectivity index (χ0) is 15.4. The maximum atomic E-state index is 12.1. The van der Waals surface area contributed by atoms with E-state index in [1.165, 1.54) is 0 Å². The summed E-state index contributed by atoms with van der Waals surface area (Å²) in [7, 11) is 0. The van der Waals surface area contributed by atoms with Gasteiger partial charge in [0, 0.05) is 32.4 Å². The summed E-state index contributed by atoms with van der Waals surface area (Å²) < 4.78 is 0. The van der Waals surface area contributed by atoms with Crippen LogP contribution in [0.4, 0.5) is 0 Å². The highest BCUT2D eigenvalue weighted by atomic mass is 32.1. The molecule has 1 aromatic heterocycles. The third-order valence-corrected chi connectivity index (χ3v) is 3.55. The van der Waals surface area contributed by atoms with Gasteiger partial charge in [-0.2, -0.15) is 0 Å². The summed E-state index contributed by atoms with van der Waals surface area (Å²) in [5, 5.41) is 0. The van der Waals surface area contributed by atoms with Gasteiger partial charge in [0.15, 0.2) is 0 Å². The second kappa shape index (κ2) is 6.62. The van der Waals surface area contributed by atoms with Crippen LogP contribution in [0, 0.1) is 0 Å². The van der Waals surface area contributed by atoms with Gasteiger partial charge in [-0.15, -0.1) is 0 Å². The number of amides is 2. The Labute approximate surface area is 128 Å². The first-order valence-electron chi connectivity index (χ1n) is 6.85. The quantitative estimate of drug-likeness (QED) is 0.625. The predicted molar refractivity (Wildman–Crippen MR) is 82.4 cm³/mol. The van der Waals surface area contributed by atoms with Crippen LogP contribution in [0.5, 0.6) is 0 Å². The van der Waals surface area contributed by atoms with Crippen LogP contribution in [0.1, 0.15) is 24.6 Å². The van der Waals surface area contributed by atoms with Gasteiger partial charge >= 0.3 is 11.8 Å². The molecule has 21 heavy (non-hydrogen) atoms. The molecule has 1 fully saturated rings. The van der Waals surface area contributed by atoms with E-state index in [-0.39, 0.29) is 4.99 Å². The summed E-state index contributed by atoms with van der Waals surface area (Å²) >= 11 is 4.89. The summed E-state index contributed by atoms with van der Waals surface area (Å²) in [6.07, 6.45) is 2.45. The molecule has 2 heterocycles. The fourth-order valence-corrected chi connectivity index (χ4v) is 2.39. The fraction of sp³-hybridized carbons (Fsp3) is 0.429. The monoisotopic (exact) mass is 306 g/mol. The fourth-order valence-electron chi connectivity index (χ4n) is 2.28. The van der Waals surface area contributed by atoms with Gasteiger partial charge in [0.25, 0.3) is 0 Å². The average Bonchev–Trinajstić information content (AvgIpc) is 2.47. The molecule has 1 aliphatic rings. The molecule has 1 aromatic rings. The Morgan fingerprint density at radius 3 is 2.67 bits per heavy atom. The molecule has 0 spiro atoms. The summed E-state index contributed by atoms with van der Waals surface area (Å²) in [4.78, 5) is 31.5. The van der Waals surface area contributed by atoms with E-state index in [0.717, 1.165) is 12.0 Å². The van der Waals surface area contributed by atoms with Crippen molar-refractivity contribution in [3.63, 3.8) is 0 Å². The lowest BCUT2D eigenvalue weighted by molar-refractivity contribution is -0.156. The van der Waals surface area contributed by atoms with Crippen molar-refractivity contribution < 1.29 is 9.59 Å². The lowest BCUT2D eigenvalue weighted by Gasteiger charge is -2.33. The van der Waals surface area contributed by atoms with Crippen molar-refractivity contribution in [1.29, 1.82) is 0 Å². The standard InChI is InChI=1S/C14H18N4O2S/c1-2-5-17-6-7-18(14(20)13(17)19)9-10-3-4-16-11(8-10)12(15)21/h3-4,8H,2,5-7,9H2,1H3,(H2,15,21). The number of pyridine rings is 1. The van der Waals surface area contributed by atoms with Crippen LogP contribution >= 0.6 is 12.2 Å². The molecule has 112 valence electrons. The summed E-state index contributed by atoms with van der Waals surface area (Å²) in [5.41, 5.74) is 6.92. The Kier molecular flexibility index (Phi) is 4.85. The van der Waals surface area contributed by atoms with Gasteiger partial charge < -0.3 is 15.5 Å². The van der Waals surface area contributed by atoms with Crippen molar-refractivity contribution in [2.45, 2.75) is 19.9 Å². The van der Waals surface area contributed by atoms with E-state index < -0.39 is 11.8 Å². The Morgan fingerprint density at radius 2 is 2.00 bits per heavy atom. The first kappa shape index (κ1) is 15.4. The van der Waals surface area contributed by atoms with Crippen LogP contribution in [0.2, 0.25) is 0 Å². The minimum absolute atomic E-state index is 0.215. The molecule has 0 aliphatic carbocycles. The maximum Gasteiger partial charge on any atom is 0.312 e. The number of aromatic nitrogens is 1. The van der Waals surface area contributed by atoms with Crippen LogP contribution in [0.3, 0.4) is 0 Å². The summed E-state index contributed by atoms with van der Waals surface area (Å²) in [5.74, 6) is -0.880. The number of carbonyl (C=O) groups is 2. The van der Waals surface area contributed by atoms with Crippen molar-refractivity contribution in [2.75, 3.05) is 19.6 Å². The molecule has 1 aliphatic heterocycles. The minimum Gasteiger partial charge on any atom is -0.388 e. The van der Waals surface area contributed by atoms with Crippen LogP contribution < -0.4 is 5.73 Å².